The fraction of sp³-hybridized carbons (Fsp3) is 0. The van der Waals surface area contributed by atoms with E-state index in [0.29, 0.717) is 0 Å². The van der Waals surface area contributed by atoms with E-state index in [1.54, 1.807) is 0 Å². The van der Waals surface area contributed by atoms with Crippen molar-refractivity contribution in [2.45, 2.75) is 0 Å². The van der Waals surface area contributed by atoms with E-state index in [1.807, 2.05) is 0 Å². The topological polar surface area (TPSA) is 0 Å². The molecule has 0 atom stereocenters. The summed E-state index contributed by atoms with van der Waals surface area (Å²) in [5.74, 6) is 0. The van der Waals surface area contributed by atoms with Crippen LogP contribution in [0.25, 0.3) is 120 Å². The Morgan fingerprint density at radius 2 is 0.483 bits per heavy atom. The zero-order chi connectivity index (χ0) is 38.2. The van der Waals surface area contributed by atoms with Crippen molar-refractivity contribution in [2.75, 3.05) is 0 Å². The van der Waals surface area contributed by atoms with Crippen LogP contribution >= 0.6 is 0 Å². The van der Waals surface area contributed by atoms with Crippen LogP contribution in [0.1, 0.15) is 0 Å². The molecule has 268 valence electrons. The first-order valence-electron chi connectivity index (χ1n) is 20.2. The quantitative estimate of drug-likeness (QED) is 0.158. The Balaban J connectivity index is 1.17. The molecule has 0 aromatic heterocycles. The van der Waals surface area contributed by atoms with Gasteiger partial charge in [-0.05, 0) is 132 Å². The highest BCUT2D eigenvalue weighted by Gasteiger charge is 2.19. The van der Waals surface area contributed by atoms with Crippen LogP contribution in [0.3, 0.4) is 0 Å². The minimum absolute atomic E-state index is 1.22. The minimum Gasteiger partial charge on any atom is -0.0616 e. The largest absolute Gasteiger partial charge is 0.0616 e. The van der Waals surface area contributed by atoms with Crippen LogP contribution in [0, 0.1) is 0 Å². The predicted molar refractivity (Wildman–Crippen MR) is 251 cm³/mol. The van der Waals surface area contributed by atoms with Gasteiger partial charge in [0.15, 0.2) is 0 Å². The molecule has 0 bridgehead atoms. The second-order valence-corrected chi connectivity index (χ2v) is 15.5. The lowest BCUT2D eigenvalue weighted by atomic mass is 9.84. The lowest BCUT2D eigenvalue weighted by Gasteiger charge is -2.19. The average Bonchev–Trinajstić information content (AvgIpc) is 3.30. The molecule has 0 unspecified atom stereocenters. The van der Waals surface area contributed by atoms with Crippen LogP contribution in [0.15, 0.2) is 218 Å². The molecule has 12 rings (SSSR count). The second-order valence-electron chi connectivity index (χ2n) is 15.5. The van der Waals surface area contributed by atoms with Gasteiger partial charge in [-0.1, -0.05) is 206 Å². The summed E-state index contributed by atoms with van der Waals surface area (Å²) in [5.41, 5.74) is 9.90. The van der Waals surface area contributed by atoms with Crippen LogP contribution in [-0.4, -0.2) is 0 Å². The van der Waals surface area contributed by atoms with Crippen LogP contribution in [0.5, 0.6) is 0 Å². The molecule has 0 saturated heterocycles. The monoisotopic (exact) mass is 732 g/mol. The summed E-state index contributed by atoms with van der Waals surface area (Å²) >= 11 is 0. The summed E-state index contributed by atoms with van der Waals surface area (Å²) < 4.78 is 0. The first-order valence-corrected chi connectivity index (χ1v) is 20.2. The van der Waals surface area contributed by atoms with E-state index < -0.39 is 0 Å². The normalized spacial score (nSPS) is 11.8. The van der Waals surface area contributed by atoms with E-state index in [9.17, 15) is 0 Å². The molecule has 0 N–H and O–H groups in total. The van der Waals surface area contributed by atoms with Crippen molar-refractivity contribution >= 4 is 75.4 Å². The predicted octanol–water partition coefficient (Wildman–Crippen LogP) is 16.4. The standard InChI is InChI=1S/C58H36/c1-3-19-41-37(15-1)17-13-29-47(41)45-23-7-5-21-43(45)39-31-33-51-49-25-9-12-28-54(49)58-56-36-40(32-34-52(56)50-26-10-11-27-53(50)57(58)55(51)35-39)44-22-6-8-24-46(44)48-30-14-18-38-16-2-4-20-42(38)48/h1-36H. The molecule has 0 spiro atoms. The Kier molecular flexibility index (Phi) is 7.33. The Morgan fingerprint density at radius 1 is 0.172 bits per heavy atom. The first-order chi connectivity index (χ1) is 28.8. The van der Waals surface area contributed by atoms with Gasteiger partial charge in [0, 0.05) is 0 Å². The Hall–Kier alpha value is -7.54. The van der Waals surface area contributed by atoms with Crippen molar-refractivity contribution in [3.8, 4) is 44.5 Å². The van der Waals surface area contributed by atoms with Gasteiger partial charge in [0.25, 0.3) is 0 Å². The maximum absolute atomic E-state index is 2.46. The second kappa shape index (κ2) is 13.0. The molecule has 0 aliphatic rings. The third-order valence-corrected chi connectivity index (χ3v) is 12.4. The van der Waals surface area contributed by atoms with Crippen molar-refractivity contribution in [2.24, 2.45) is 0 Å². The van der Waals surface area contributed by atoms with Gasteiger partial charge >= 0.3 is 0 Å². The molecule has 0 heterocycles. The summed E-state index contributed by atoms with van der Waals surface area (Å²) in [6.07, 6.45) is 0. The van der Waals surface area contributed by atoms with Gasteiger partial charge in [0.1, 0.15) is 0 Å². The molecule has 0 amide bonds. The van der Waals surface area contributed by atoms with Gasteiger partial charge in [0.2, 0.25) is 0 Å². The highest BCUT2D eigenvalue weighted by Crippen LogP contribution is 2.47. The van der Waals surface area contributed by atoms with Gasteiger partial charge in [-0.15, -0.1) is 0 Å². The number of rotatable bonds is 4. The van der Waals surface area contributed by atoms with E-state index in [0.717, 1.165) is 0 Å². The highest BCUT2D eigenvalue weighted by molar-refractivity contribution is 6.40. The molecule has 0 fully saturated rings. The number of benzene rings is 12. The Morgan fingerprint density at radius 3 is 0.931 bits per heavy atom. The van der Waals surface area contributed by atoms with E-state index in [4.69, 9.17) is 0 Å². The van der Waals surface area contributed by atoms with E-state index >= 15 is 0 Å². The highest BCUT2D eigenvalue weighted by atomic mass is 14.2. The molecular formula is C58H36. The molecule has 0 nitrogen and oxygen atoms in total. The maximum Gasteiger partial charge on any atom is -0.00137 e. The summed E-state index contributed by atoms with van der Waals surface area (Å²) in [4.78, 5) is 0. The molecule has 0 saturated carbocycles. The molecule has 0 aliphatic carbocycles. The maximum atomic E-state index is 2.46. The van der Waals surface area contributed by atoms with Crippen molar-refractivity contribution in [1.29, 1.82) is 0 Å². The van der Waals surface area contributed by atoms with Crippen molar-refractivity contribution in [3.63, 3.8) is 0 Å². The third-order valence-electron chi connectivity index (χ3n) is 12.4. The summed E-state index contributed by atoms with van der Waals surface area (Å²) in [6.45, 7) is 0. The Labute approximate surface area is 336 Å². The molecular weight excluding hydrogens is 697 g/mol. The zero-order valence-electron chi connectivity index (χ0n) is 31.8. The number of fused-ring (bicyclic) bond motifs is 13. The number of hydrogen-bond donors (Lipinski definition) is 0. The van der Waals surface area contributed by atoms with Gasteiger partial charge in [-0.2, -0.15) is 0 Å². The molecule has 58 heavy (non-hydrogen) atoms. The van der Waals surface area contributed by atoms with E-state index in [-0.39, 0.29) is 0 Å². The van der Waals surface area contributed by atoms with Crippen molar-refractivity contribution < 1.29 is 0 Å². The van der Waals surface area contributed by atoms with Crippen LogP contribution in [0.4, 0.5) is 0 Å². The van der Waals surface area contributed by atoms with Crippen LogP contribution in [0.2, 0.25) is 0 Å². The molecule has 12 aromatic rings. The zero-order valence-corrected chi connectivity index (χ0v) is 31.8. The van der Waals surface area contributed by atoms with Crippen LogP contribution in [-0.2, 0) is 0 Å². The number of hydrogen-bond acceptors (Lipinski definition) is 0. The lowest BCUT2D eigenvalue weighted by Crippen LogP contribution is -1.91. The summed E-state index contributed by atoms with van der Waals surface area (Å²) in [6, 6.07) is 80.9. The van der Waals surface area contributed by atoms with Gasteiger partial charge in [0.05, 0.1) is 0 Å². The average molecular weight is 733 g/mol. The van der Waals surface area contributed by atoms with Gasteiger partial charge < -0.3 is 0 Å². The SMILES string of the molecule is c1ccc(-c2cccc3ccccc23)c(-c2ccc3c4ccccc4c4c5cc(-c6ccccc6-c6cccc7ccccc67)ccc5c5ccccc5c4c3c2)c1. The van der Waals surface area contributed by atoms with E-state index in [1.165, 1.54) is 120 Å². The smallest absolute Gasteiger partial charge is 0.00137 e. The third kappa shape index (κ3) is 4.95. The van der Waals surface area contributed by atoms with Gasteiger partial charge in [-0.3, -0.25) is 0 Å². The first kappa shape index (κ1) is 32.7. The molecule has 0 aliphatic heterocycles. The van der Waals surface area contributed by atoms with E-state index in [2.05, 4.69) is 218 Å². The summed E-state index contributed by atoms with van der Waals surface area (Å²) in [7, 11) is 0. The molecule has 0 radical (unpaired) electrons. The van der Waals surface area contributed by atoms with Crippen molar-refractivity contribution in [1.82, 2.24) is 0 Å². The Bertz CT molecular complexity index is 3370. The fourth-order valence-corrected chi connectivity index (χ4v) is 9.87. The van der Waals surface area contributed by atoms with Crippen LogP contribution < -0.4 is 0 Å². The summed E-state index contributed by atoms with van der Waals surface area (Å²) in [5, 5.41) is 17.9. The minimum atomic E-state index is 1.22. The fourth-order valence-electron chi connectivity index (χ4n) is 9.87. The molecule has 0 heteroatoms. The van der Waals surface area contributed by atoms with Crippen molar-refractivity contribution in [3.05, 3.63) is 218 Å². The molecule has 12 aromatic carbocycles. The van der Waals surface area contributed by atoms with Gasteiger partial charge in [-0.25, -0.2) is 0 Å². The lowest BCUT2D eigenvalue weighted by molar-refractivity contribution is 1.62.